The van der Waals surface area contributed by atoms with Gasteiger partial charge < -0.3 is 14.6 Å². The Balaban J connectivity index is 1.79. The fourth-order valence-corrected chi connectivity index (χ4v) is 3.79. The molecule has 3 rings (SSSR count). The summed E-state index contributed by atoms with van der Waals surface area (Å²) in [5.41, 5.74) is -0.217. The van der Waals surface area contributed by atoms with Gasteiger partial charge >= 0.3 is 0 Å². The molecule has 1 N–H and O–H groups in total. The molecule has 2 fully saturated rings. The molecule has 1 aromatic heterocycles. The number of amides is 2. The summed E-state index contributed by atoms with van der Waals surface area (Å²) in [7, 11) is 0. The minimum Gasteiger partial charge on any atom is -0.436 e. The maximum atomic E-state index is 12.9. The number of aromatic nitrogens is 1. The monoisotopic (exact) mass is 319 g/mol. The zero-order valence-electron chi connectivity index (χ0n) is 14.1. The third-order valence-corrected chi connectivity index (χ3v) is 5.16. The van der Waals surface area contributed by atoms with E-state index in [0.29, 0.717) is 24.6 Å². The van der Waals surface area contributed by atoms with Crippen LogP contribution in [0, 0.1) is 13.8 Å². The van der Waals surface area contributed by atoms with Crippen LogP contribution < -0.4 is 5.32 Å². The number of aryl methyl sites for hydroxylation is 2. The largest absolute Gasteiger partial charge is 0.436 e. The molecule has 6 nitrogen and oxygen atoms in total. The number of oxazole rings is 1. The number of carbonyl (C=O) groups excluding carboxylic acids is 2. The van der Waals surface area contributed by atoms with Crippen LogP contribution in [-0.2, 0) is 4.79 Å². The van der Waals surface area contributed by atoms with Crippen molar-refractivity contribution in [2.24, 2.45) is 0 Å². The zero-order chi connectivity index (χ0) is 16.6. The van der Waals surface area contributed by atoms with Crippen LogP contribution in [0.5, 0.6) is 0 Å². The molecule has 0 radical (unpaired) electrons. The molecule has 23 heavy (non-hydrogen) atoms. The molecule has 1 aromatic rings. The summed E-state index contributed by atoms with van der Waals surface area (Å²) in [6.45, 7) is 5.92. The first-order valence-corrected chi connectivity index (χ1v) is 8.49. The Bertz CT molecular complexity index is 619. The number of nitrogens with zero attached hydrogens (tertiary/aromatic N) is 2. The maximum Gasteiger partial charge on any atom is 0.292 e. The highest BCUT2D eigenvalue weighted by atomic mass is 16.4. The van der Waals surface area contributed by atoms with E-state index in [1.54, 1.807) is 18.7 Å². The number of nitrogens with one attached hydrogen (secondary N) is 1. The van der Waals surface area contributed by atoms with Crippen molar-refractivity contribution < 1.29 is 14.0 Å². The van der Waals surface area contributed by atoms with Crippen LogP contribution in [0.3, 0.4) is 0 Å². The highest BCUT2D eigenvalue weighted by molar-refractivity contribution is 5.98. The molecule has 6 heteroatoms. The summed E-state index contributed by atoms with van der Waals surface area (Å²) >= 11 is 0. The lowest BCUT2D eigenvalue weighted by Crippen LogP contribution is -2.57. The van der Waals surface area contributed by atoms with E-state index in [1.807, 2.05) is 6.92 Å². The van der Waals surface area contributed by atoms with Crippen molar-refractivity contribution in [2.75, 3.05) is 6.54 Å². The van der Waals surface area contributed by atoms with Crippen molar-refractivity contribution in [1.29, 1.82) is 0 Å². The number of rotatable bonds is 3. The van der Waals surface area contributed by atoms with Gasteiger partial charge in [-0.1, -0.05) is 12.8 Å². The van der Waals surface area contributed by atoms with Crippen molar-refractivity contribution in [3.63, 3.8) is 0 Å². The molecule has 1 aliphatic heterocycles. The summed E-state index contributed by atoms with van der Waals surface area (Å²) < 4.78 is 5.46. The minimum atomic E-state index is -0.799. The lowest BCUT2D eigenvalue weighted by molar-refractivity contribution is -0.130. The van der Waals surface area contributed by atoms with Crippen LogP contribution in [0.25, 0.3) is 0 Å². The molecule has 2 heterocycles. The first kappa shape index (κ1) is 16.0. The molecule has 126 valence electrons. The first-order valence-electron chi connectivity index (χ1n) is 8.49. The average molecular weight is 319 g/mol. The van der Waals surface area contributed by atoms with E-state index in [0.717, 1.165) is 19.3 Å². The normalized spacial score (nSPS) is 25.1. The molecule has 2 amide bonds. The van der Waals surface area contributed by atoms with Crippen LogP contribution in [0.15, 0.2) is 4.42 Å². The molecule has 0 unspecified atom stereocenters. The summed E-state index contributed by atoms with van der Waals surface area (Å²) in [5.74, 6) is 0.459. The van der Waals surface area contributed by atoms with Gasteiger partial charge in [0.15, 0.2) is 5.89 Å². The predicted molar refractivity (Wildman–Crippen MR) is 85.1 cm³/mol. The zero-order valence-corrected chi connectivity index (χ0v) is 14.1. The summed E-state index contributed by atoms with van der Waals surface area (Å²) in [5, 5.41) is 3.14. The van der Waals surface area contributed by atoms with E-state index in [1.165, 1.54) is 12.8 Å². The molecular weight excluding hydrogens is 294 g/mol. The topological polar surface area (TPSA) is 75.4 Å². The van der Waals surface area contributed by atoms with Crippen LogP contribution in [0.4, 0.5) is 0 Å². The number of hydrogen-bond donors (Lipinski definition) is 1. The van der Waals surface area contributed by atoms with E-state index in [4.69, 9.17) is 4.42 Å². The molecule has 0 bridgehead atoms. The number of carbonyl (C=O) groups is 2. The Morgan fingerprint density at radius 2 is 1.96 bits per heavy atom. The molecule has 1 saturated carbocycles. The van der Waals surface area contributed by atoms with Crippen LogP contribution in [0.2, 0.25) is 0 Å². The van der Waals surface area contributed by atoms with Crippen LogP contribution >= 0.6 is 0 Å². The van der Waals surface area contributed by atoms with Gasteiger partial charge in [-0.3, -0.25) is 9.59 Å². The van der Waals surface area contributed by atoms with Gasteiger partial charge in [0.2, 0.25) is 11.7 Å². The number of hydrogen-bond acceptors (Lipinski definition) is 4. The van der Waals surface area contributed by atoms with E-state index in [-0.39, 0.29) is 23.6 Å². The van der Waals surface area contributed by atoms with Gasteiger partial charge in [0.1, 0.15) is 5.54 Å². The molecule has 0 aromatic carbocycles. The molecular formula is C17H25N3O3. The Morgan fingerprint density at radius 3 is 2.57 bits per heavy atom. The second kappa shape index (κ2) is 5.98. The highest BCUT2D eigenvalue weighted by Gasteiger charge is 2.47. The predicted octanol–water partition coefficient (Wildman–Crippen LogP) is 2.34. The van der Waals surface area contributed by atoms with Gasteiger partial charge in [0, 0.05) is 19.5 Å². The average Bonchev–Trinajstić information content (AvgIpc) is 3.20. The first-order chi connectivity index (χ1) is 10.9. The standard InChI is InChI=1S/C17H25N3O3/c1-11-14(23-12(2)18-11)15(21)20-10-6-9-17(20,3)16(22)19-13-7-4-5-8-13/h13H,4-10H2,1-3H3,(H,19,22)/t17-/m1/s1. The third-order valence-electron chi connectivity index (χ3n) is 5.16. The molecule has 1 atom stereocenters. The van der Waals surface area contributed by atoms with Gasteiger partial charge in [-0.2, -0.15) is 0 Å². The van der Waals surface area contributed by atoms with E-state index in [2.05, 4.69) is 10.3 Å². The Hall–Kier alpha value is -1.85. The van der Waals surface area contributed by atoms with E-state index in [9.17, 15) is 9.59 Å². The summed E-state index contributed by atoms with van der Waals surface area (Å²) in [4.78, 5) is 31.5. The van der Waals surface area contributed by atoms with Crippen molar-refractivity contribution in [1.82, 2.24) is 15.2 Å². The quantitative estimate of drug-likeness (QED) is 0.928. The number of likely N-dealkylation sites (tertiary alicyclic amines) is 1. The van der Waals surface area contributed by atoms with Crippen molar-refractivity contribution in [2.45, 2.75) is 70.9 Å². The third kappa shape index (κ3) is 2.86. The highest BCUT2D eigenvalue weighted by Crippen LogP contribution is 2.32. The lowest BCUT2D eigenvalue weighted by Gasteiger charge is -2.34. The van der Waals surface area contributed by atoms with Gasteiger partial charge in [-0.15, -0.1) is 0 Å². The Kier molecular flexibility index (Phi) is 4.17. The fraction of sp³-hybridized carbons (Fsp3) is 0.706. The van der Waals surface area contributed by atoms with Crippen LogP contribution in [-0.4, -0.2) is 39.8 Å². The second-order valence-electron chi connectivity index (χ2n) is 6.94. The molecule has 2 aliphatic rings. The SMILES string of the molecule is Cc1nc(C)c(C(=O)N2CCC[C@]2(C)C(=O)NC2CCCC2)o1. The molecule has 1 aliphatic carbocycles. The van der Waals surface area contributed by atoms with E-state index >= 15 is 0 Å². The maximum absolute atomic E-state index is 12.9. The molecule has 1 saturated heterocycles. The van der Waals surface area contributed by atoms with Gasteiger partial charge in [0.05, 0.1) is 5.69 Å². The van der Waals surface area contributed by atoms with Gasteiger partial charge in [-0.25, -0.2) is 4.98 Å². The Morgan fingerprint density at radius 1 is 1.26 bits per heavy atom. The van der Waals surface area contributed by atoms with Crippen molar-refractivity contribution in [3.05, 3.63) is 17.3 Å². The van der Waals surface area contributed by atoms with Crippen molar-refractivity contribution in [3.8, 4) is 0 Å². The molecule has 0 spiro atoms. The summed E-state index contributed by atoms with van der Waals surface area (Å²) in [6.07, 6.45) is 5.92. The lowest BCUT2D eigenvalue weighted by atomic mass is 9.96. The summed E-state index contributed by atoms with van der Waals surface area (Å²) in [6, 6.07) is 0.256. The smallest absolute Gasteiger partial charge is 0.292 e. The Labute approximate surface area is 136 Å². The minimum absolute atomic E-state index is 0.0378. The second-order valence-corrected chi connectivity index (χ2v) is 6.94. The van der Waals surface area contributed by atoms with Gasteiger partial charge in [0.25, 0.3) is 5.91 Å². The fourth-order valence-electron chi connectivity index (χ4n) is 3.79. The van der Waals surface area contributed by atoms with Gasteiger partial charge in [-0.05, 0) is 39.5 Å². The van der Waals surface area contributed by atoms with E-state index < -0.39 is 5.54 Å². The van der Waals surface area contributed by atoms with Crippen molar-refractivity contribution >= 4 is 11.8 Å². The van der Waals surface area contributed by atoms with Crippen LogP contribution in [0.1, 0.15) is 67.6 Å².